The first-order valence-electron chi connectivity index (χ1n) is 6.94. The van der Waals surface area contributed by atoms with Crippen LogP contribution in [0.2, 0.25) is 0 Å². The maximum Gasteiger partial charge on any atom is 0.416 e. The summed E-state index contributed by atoms with van der Waals surface area (Å²) >= 11 is 0. The van der Waals surface area contributed by atoms with Gasteiger partial charge in [0.1, 0.15) is 18.3 Å². The number of esters is 1. The number of ketones is 1. The first-order valence-corrected chi connectivity index (χ1v) is 6.94. The van der Waals surface area contributed by atoms with Gasteiger partial charge in [0, 0.05) is 6.92 Å². The third-order valence-corrected chi connectivity index (χ3v) is 3.21. The quantitative estimate of drug-likeness (QED) is 0.617. The van der Waals surface area contributed by atoms with Crippen molar-refractivity contribution in [3.05, 3.63) is 47.3 Å². The van der Waals surface area contributed by atoms with Crippen LogP contribution in [0.3, 0.4) is 0 Å². The van der Waals surface area contributed by atoms with Gasteiger partial charge >= 0.3 is 12.1 Å². The minimum atomic E-state index is -4.42. The number of aromatic nitrogens is 3. The molecule has 2 aromatic rings. The Morgan fingerprint density at radius 2 is 1.88 bits per heavy atom. The van der Waals surface area contributed by atoms with Gasteiger partial charge < -0.3 is 4.74 Å². The highest BCUT2D eigenvalue weighted by molar-refractivity contribution is 5.91. The predicted octanol–water partition coefficient (Wildman–Crippen LogP) is 2.80. The average molecular weight is 341 g/mol. The molecule has 6 nitrogen and oxygen atoms in total. The largest absolute Gasteiger partial charge is 0.456 e. The lowest BCUT2D eigenvalue weighted by molar-refractivity contribution is -0.149. The molecule has 0 bridgehead atoms. The standard InChI is InChI=1S/C15H14F3N3O3/c1-9(22)13-7-21(20-19-13)8-14(23)24-10(2)11-3-5-12(6-4-11)15(16,17)18/h3-7,10H,8H2,1-2H3/t10-/m0/s1. The van der Waals surface area contributed by atoms with Gasteiger partial charge in [0.2, 0.25) is 0 Å². The highest BCUT2D eigenvalue weighted by atomic mass is 19.4. The summed E-state index contributed by atoms with van der Waals surface area (Å²) in [5, 5.41) is 7.20. The van der Waals surface area contributed by atoms with Crippen LogP contribution >= 0.6 is 0 Å². The van der Waals surface area contributed by atoms with Gasteiger partial charge in [-0.15, -0.1) is 5.10 Å². The first kappa shape index (κ1) is 17.6. The van der Waals surface area contributed by atoms with Crippen LogP contribution in [0.1, 0.15) is 41.6 Å². The molecule has 0 unspecified atom stereocenters. The predicted molar refractivity (Wildman–Crippen MR) is 76.0 cm³/mol. The Bertz CT molecular complexity index is 738. The van der Waals surface area contributed by atoms with Crippen LogP contribution in [0.15, 0.2) is 30.5 Å². The minimum absolute atomic E-state index is 0.124. The Morgan fingerprint density at radius 3 is 2.38 bits per heavy atom. The topological polar surface area (TPSA) is 74.1 Å². The monoisotopic (exact) mass is 341 g/mol. The van der Waals surface area contributed by atoms with E-state index in [0.29, 0.717) is 5.56 Å². The second-order valence-electron chi connectivity index (χ2n) is 5.11. The molecule has 1 heterocycles. The summed E-state index contributed by atoms with van der Waals surface area (Å²) in [6.45, 7) is 2.60. The Hall–Kier alpha value is -2.71. The number of hydrogen-bond donors (Lipinski definition) is 0. The van der Waals surface area contributed by atoms with Crippen molar-refractivity contribution in [3.8, 4) is 0 Å². The molecule has 0 fully saturated rings. The number of nitrogens with zero attached hydrogens (tertiary/aromatic N) is 3. The molecule has 0 saturated heterocycles. The summed E-state index contributed by atoms with van der Waals surface area (Å²) < 4.78 is 43.8. The lowest BCUT2D eigenvalue weighted by atomic mass is 10.1. The molecule has 0 spiro atoms. The second-order valence-corrected chi connectivity index (χ2v) is 5.11. The zero-order chi connectivity index (χ0) is 17.9. The second kappa shape index (κ2) is 6.81. The lowest BCUT2D eigenvalue weighted by Crippen LogP contribution is -2.16. The highest BCUT2D eigenvalue weighted by Gasteiger charge is 2.30. The molecule has 0 N–H and O–H groups in total. The van der Waals surface area contributed by atoms with Crippen LogP contribution in [-0.2, 0) is 22.3 Å². The third kappa shape index (κ3) is 4.40. The van der Waals surface area contributed by atoms with E-state index in [-0.39, 0.29) is 18.0 Å². The van der Waals surface area contributed by atoms with Gasteiger partial charge in [-0.05, 0) is 24.6 Å². The molecule has 0 radical (unpaired) electrons. The molecular weight excluding hydrogens is 327 g/mol. The van der Waals surface area contributed by atoms with Crippen LogP contribution in [0.25, 0.3) is 0 Å². The van der Waals surface area contributed by atoms with Crippen molar-refractivity contribution in [2.75, 3.05) is 0 Å². The number of Topliss-reactive ketones (excluding diaryl/α,β-unsaturated/α-hetero) is 1. The SMILES string of the molecule is CC(=O)c1cn(CC(=O)O[C@@H](C)c2ccc(C(F)(F)F)cc2)nn1. The van der Waals surface area contributed by atoms with Gasteiger partial charge in [-0.1, -0.05) is 17.3 Å². The Kier molecular flexibility index (Phi) is 5.01. The van der Waals surface area contributed by atoms with Gasteiger partial charge in [-0.2, -0.15) is 13.2 Å². The minimum Gasteiger partial charge on any atom is -0.456 e. The van der Waals surface area contributed by atoms with Crippen molar-refractivity contribution in [3.63, 3.8) is 0 Å². The first-order chi connectivity index (χ1) is 11.2. The number of hydrogen-bond acceptors (Lipinski definition) is 5. The molecule has 1 atom stereocenters. The number of carbonyl (C=O) groups excluding carboxylic acids is 2. The summed E-state index contributed by atoms with van der Waals surface area (Å²) in [5.41, 5.74) is -0.220. The summed E-state index contributed by atoms with van der Waals surface area (Å²) in [7, 11) is 0. The third-order valence-electron chi connectivity index (χ3n) is 3.21. The summed E-state index contributed by atoms with van der Waals surface area (Å²) in [4.78, 5) is 22.9. The van der Waals surface area contributed by atoms with Crippen molar-refractivity contribution in [1.82, 2.24) is 15.0 Å². The molecule has 0 aliphatic heterocycles. The number of rotatable bonds is 5. The fourth-order valence-electron chi connectivity index (χ4n) is 1.91. The Labute approximate surface area is 135 Å². The molecule has 1 aromatic heterocycles. The number of alkyl halides is 3. The molecule has 24 heavy (non-hydrogen) atoms. The van der Waals surface area contributed by atoms with E-state index in [1.165, 1.54) is 25.3 Å². The molecule has 0 amide bonds. The van der Waals surface area contributed by atoms with E-state index in [0.717, 1.165) is 16.8 Å². The Morgan fingerprint density at radius 1 is 1.25 bits per heavy atom. The van der Waals surface area contributed by atoms with Crippen molar-refractivity contribution in [2.24, 2.45) is 0 Å². The van der Waals surface area contributed by atoms with E-state index in [1.807, 2.05) is 0 Å². The highest BCUT2D eigenvalue weighted by Crippen LogP contribution is 2.30. The number of halogens is 3. The van der Waals surface area contributed by atoms with Crippen LogP contribution < -0.4 is 0 Å². The molecule has 0 aliphatic carbocycles. The molecule has 1 aromatic carbocycles. The normalized spacial score (nSPS) is 12.7. The van der Waals surface area contributed by atoms with Gasteiger partial charge in [0.15, 0.2) is 5.78 Å². The van der Waals surface area contributed by atoms with Crippen molar-refractivity contribution in [1.29, 1.82) is 0 Å². The lowest BCUT2D eigenvalue weighted by Gasteiger charge is -2.14. The smallest absolute Gasteiger partial charge is 0.416 e. The fraction of sp³-hybridized carbons (Fsp3) is 0.333. The van der Waals surface area contributed by atoms with Crippen molar-refractivity contribution in [2.45, 2.75) is 32.7 Å². The fourth-order valence-corrected chi connectivity index (χ4v) is 1.91. The molecule has 0 aliphatic rings. The zero-order valence-corrected chi connectivity index (χ0v) is 12.9. The van der Waals surface area contributed by atoms with E-state index in [1.54, 1.807) is 6.92 Å². The van der Waals surface area contributed by atoms with E-state index in [4.69, 9.17) is 4.74 Å². The van der Waals surface area contributed by atoms with E-state index < -0.39 is 23.8 Å². The van der Waals surface area contributed by atoms with Gasteiger partial charge in [0.25, 0.3) is 0 Å². The summed E-state index contributed by atoms with van der Waals surface area (Å²) in [6.07, 6.45) is -3.83. The van der Waals surface area contributed by atoms with Gasteiger partial charge in [0.05, 0.1) is 11.8 Å². The summed E-state index contributed by atoms with van der Waals surface area (Å²) in [5.74, 6) is -0.935. The van der Waals surface area contributed by atoms with Gasteiger partial charge in [-0.25, -0.2) is 4.68 Å². The van der Waals surface area contributed by atoms with Crippen molar-refractivity contribution < 1.29 is 27.5 Å². The van der Waals surface area contributed by atoms with Crippen LogP contribution in [-0.4, -0.2) is 26.7 Å². The number of ether oxygens (including phenoxy) is 1. The molecule has 128 valence electrons. The molecule has 2 rings (SSSR count). The number of benzene rings is 1. The number of carbonyl (C=O) groups is 2. The summed E-state index contributed by atoms with van der Waals surface area (Å²) in [6, 6.07) is 4.36. The van der Waals surface area contributed by atoms with E-state index in [9.17, 15) is 22.8 Å². The molecular formula is C15H14F3N3O3. The van der Waals surface area contributed by atoms with E-state index >= 15 is 0 Å². The van der Waals surface area contributed by atoms with E-state index in [2.05, 4.69) is 10.3 Å². The maximum atomic E-state index is 12.5. The van der Waals surface area contributed by atoms with Gasteiger partial charge in [-0.3, -0.25) is 9.59 Å². The van der Waals surface area contributed by atoms with Crippen LogP contribution in [0.5, 0.6) is 0 Å². The molecule has 9 heteroatoms. The van der Waals surface area contributed by atoms with Crippen LogP contribution in [0, 0.1) is 0 Å². The zero-order valence-electron chi connectivity index (χ0n) is 12.9. The Balaban J connectivity index is 1.96. The average Bonchev–Trinajstić information content (AvgIpc) is 2.95. The van der Waals surface area contributed by atoms with Crippen molar-refractivity contribution >= 4 is 11.8 Å². The van der Waals surface area contributed by atoms with Crippen LogP contribution in [0.4, 0.5) is 13.2 Å². The molecule has 0 saturated carbocycles. The maximum absolute atomic E-state index is 12.5.